The second-order valence-corrected chi connectivity index (χ2v) is 3.16. The molecule has 0 unspecified atom stereocenters. The number of hydrogen-bond acceptors (Lipinski definition) is 1. The fourth-order valence-corrected chi connectivity index (χ4v) is 0.236. The zero-order valence-corrected chi connectivity index (χ0v) is 11.1. The van der Waals surface area contributed by atoms with Crippen molar-refractivity contribution in [3.8, 4) is 0 Å². The smallest absolute Gasteiger partial charge is 0.0133 e. The van der Waals surface area contributed by atoms with Gasteiger partial charge in [0.2, 0.25) is 0 Å². The minimum atomic E-state index is 0. The van der Waals surface area contributed by atoms with Gasteiger partial charge >= 0.3 is 0 Å². The molecule has 0 aromatic carbocycles. The van der Waals surface area contributed by atoms with Crippen molar-refractivity contribution in [2.75, 3.05) is 6.61 Å². The van der Waals surface area contributed by atoms with Crippen molar-refractivity contribution in [2.45, 2.75) is 27.7 Å². The van der Waals surface area contributed by atoms with Crippen LogP contribution in [0.2, 0.25) is 0 Å². The van der Waals surface area contributed by atoms with Crippen molar-refractivity contribution in [3.63, 3.8) is 0 Å². The van der Waals surface area contributed by atoms with Crippen LogP contribution in [0, 0.1) is 25.9 Å². The molecule has 1 radical (unpaired) electrons. The monoisotopic (exact) mass is 233 g/mol. The van der Waals surface area contributed by atoms with E-state index in [1.54, 1.807) is 0 Å². The molecule has 0 rings (SSSR count). The van der Waals surface area contributed by atoms with Gasteiger partial charge in [-0.15, -0.1) is 0 Å². The van der Waals surface area contributed by atoms with Gasteiger partial charge < -0.3 is 11.7 Å². The average molecular weight is 233 g/mol. The zero-order chi connectivity index (χ0) is 8.57. The van der Waals surface area contributed by atoms with Crippen LogP contribution in [0.1, 0.15) is 27.7 Å². The Morgan fingerprint density at radius 1 is 1.18 bits per heavy atom. The van der Waals surface area contributed by atoms with Crippen LogP contribution in [0.5, 0.6) is 0 Å². The van der Waals surface area contributed by atoms with E-state index in [0.717, 1.165) is 6.61 Å². The fraction of sp³-hybridized carbons (Fsp3) is 0.778. The van der Waals surface area contributed by atoms with Gasteiger partial charge in [0.05, 0.1) is 0 Å². The number of hydrogen-bond donors (Lipinski definition) is 0. The molecule has 0 fully saturated rings. The molecule has 0 atom stereocenters. The first-order chi connectivity index (χ1) is 4.50. The summed E-state index contributed by atoms with van der Waals surface area (Å²) in [5.74, 6) is 1.20. The molecule has 0 spiro atoms. The van der Waals surface area contributed by atoms with Gasteiger partial charge in [-0.1, -0.05) is 27.7 Å². The van der Waals surface area contributed by atoms with E-state index in [-0.39, 0.29) is 32.7 Å². The molecule has 0 bridgehead atoms. The summed E-state index contributed by atoms with van der Waals surface area (Å²) in [4.78, 5) is 0. The Labute approximate surface area is 97.2 Å². The first kappa shape index (κ1) is 18.0. The number of rotatable bonds is 2. The summed E-state index contributed by atoms with van der Waals surface area (Å²) in [6.45, 7) is 12.7. The van der Waals surface area contributed by atoms with E-state index in [2.05, 4.69) is 46.5 Å². The predicted octanol–water partition coefficient (Wildman–Crippen LogP) is 2.92. The van der Waals surface area contributed by atoms with Gasteiger partial charge in [-0.05, 0) is 5.92 Å². The average Bonchev–Trinajstić information content (AvgIpc) is 1.62. The molecular weight excluding hydrogens is 213 g/mol. The summed E-state index contributed by atoms with van der Waals surface area (Å²) in [5, 5.41) is 0. The van der Waals surface area contributed by atoms with E-state index in [1.165, 1.54) is 0 Å². The van der Waals surface area contributed by atoms with Crippen LogP contribution in [0.25, 0.3) is 0 Å². The molecule has 67 valence electrons. The zero-order valence-electron chi connectivity index (χ0n) is 8.26. The largest absolute Gasteiger partial charge is 0.555 e. The molecule has 1 nitrogen and oxygen atoms in total. The molecule has 0 saturated carbocycles. The maximum atomic E-state index is 4.55. The van der Waals surface area contributed by atoms with Crippen LogP contribution in [0.3, 0.4) is 0 Å². The standard InChI is InChI=1S/C5H11O.C4H9.Y/c1-5(2)4-6-3;1-4(2)3;/h5H,3-4H2,1-2H3;4H,1H2,2-3H3;/q2*-1;. The van der Waals surface area contributed by atoms with Gasteiger partial charge in [0.25, 0.3) is 0 Å². The molecule has 11 heavy (non-hydrogen) atoms. The van der Waals surface area contributed by atoms with Gasteiger partial charge in [0.1, 0.15) is 0 Å². The van der Waals surface area contributed by atoms with E-state index in [9.17, 15) is 0 Å². The van der Waals surface area contributed by atoms with Gasteiger partial charge in [0, 0.05) is 39.3 Å². The second kappa shape index (κ2) is 13.6. The summed E-state index contributed by atoms with van der Waals surface area (Å²) >= 11 is 0. The Morgan fingerprint density at radius 3 is 1.45 bits per heavy atom. The maximum Gasteiger partial charge on any atom is 0.0133 e. The Balaban J connectivity index is -0.000000114. The minimum absolute atomic E-state index is 0. The Kier molecular flexibility index (Phi) is 22.3. The Morgan fingerprint density at radius 2 is 1.45 bits per heavy atom. The minimum Gasteiger partial charge on any atom is -0.555 e. The normalized spacial score (nSPS) is 8.73. The van der Waals surface area contributed by atoms with Crippen molar-refractivity contribution >= 4 is 0 Å². The summed E-state index contributed by atoms with van der Waals surface area (Å²) in [7, 11) is 3.23. The Bertz CT molecular complexity index is 50.8. The van der Waals surface area contributed by atoms with Crippen LogP contribution >= 0.6 is 0 Å². The summed E-state index contributed by atoms with van der Waals surface area (Å²) in [5.41, 5.74) is 0. The third-order valence-corrected chi connectivity index (χ3v) is 0.451. The summed E-state index contributed by atoms with van der Waals surface area (Å²) in [6, 6.07) is 0. The molecule has 0 aromatic rings. The summed E-state index contributed by atoms with van der Waals surface area (Å²) in [6.07, 6.45) is 0. The van der Waals surface area contributed by atoms with Crippen LogP contribution < -0.4 is 0 Å². The van der Waals surface area contributed by atoms with E-state index >= 15 is 0 Å². The van der Waals surface area contributed by atoms with Crippen LogP contribution in [0.4, 0.5) is 0 Å². The van der Waals surface area contributed by atoms with Gasteiger partial charge in [-0.2, -0.15) is 5.92 Å². The van der Waals surface area contributed by atoms with Crippen molar-refractivity contribution in [1.82, 2.24) is 0 Å². The van der Waals surface area contributed by atoms with E-state index in [4.69, 9.17) is 0 Å². The SMILES string of the molecule is [CH2-]C(C)C.[CH2-]OCC(C)C.[Y]. The van der Waals surface area contributed by atoms with E-state index < -0.39 is 0 Å². The quantitative estimate of drug-likeness (QED) is 0.666. The first-order valence-corrected chi connectivity index (χ1v) is 3.70. The molecule has 0 amide bonds. The predicted molar refractivity (Wildman–Crippen MR) is 46.3 cm³/mol. The van der Waals surface area contributed by atoms with Gasteiger partial charge in [-0.3, -0.25) is 0 Å². The van der Waals surface area contributed by atoms with Crippen LogP contribution in [0.15, 0.2) is 0 Å². The van der Waals surface area contributed by atoms with Crippen LogP contribution in [-0.2, 0) is 37.4 Å². The molecule has 0 heterocycles. The first-order valence-electron chi connectivity index (χ1n) is 3.70. The maximum absolute atomic E-state index is 4.55. The molecule has 2 heteroatoms. The number of ether oxygens (including phenoxy) is 1. The molecule has 0 aromatic heterocycles. The molecule has 0 aliphatic heterocycles. The molecule has 0 saturated heterocycles. The second-order valence-electron chi connectivity index (χ2n) is 3.16. The third kappa shape index (κ3) is 55.0. The van der Waals surface area contributed by atoms with E-state index in [1.807, 2.05) is 0 Å². The fourth-order valence-electron chi connectivity index (χ4n) is 0.236. The molecular formula is C9H20OY-2. The van der Waals surface area contributed by atoms with Crippen molar-refractivity contribution in [3.05, 3.63) is 14.0 Å². The topological polar surface area (TPSA) is 9.23 Å². The molecule has 0 aliphatic rings. The summed E-state index contributed by atoms with van der Waals surface area (Å²) < 4.78 is 4.55. The molecule has 0 N–H and O–H groups in total. The van der Waals surface area contributed by atoms with E-state index in [0.29, 0.717) is 11.8 Å². The third-order valence-electron chi connectivity index (χ3n) is 0.451. The van der Waals surface area contributed by atoms with Crippen molar-refractivity contribution in [1.29, 1.82) is 0 Å². The van der Waals surface area contributed by atoms with Gasteiger partial charge in [0.15, 0.2) is 0 Å². The van der Waals surface area contributed by atoms with Crippen molar-refractivity contribution < 1.29 is 37.4 Å². The molecule has 0 aliphatic carbocycles. The van der Waals surface area contributed by atoms with Crippen LogP contribution in [-0.4, -0.2) is 6.61 Å². The van der Waals surface area contributed by atoms with Crippen molar-refractivity contribution in [2.24, 2.45) is 11.8 Å². The Hall–Kier alpha value is 1.06. The van der Waals surface area contributed by atoms with Gasteiger partial charge in [-0.25, -0.2) is 7.11 Å².